The van der Waals surface area contributed by atoms with Crippen LogP contribution in [0.25, 0.3) is 0 Å². The summed E-state index contributed by atoms with van der Waals surface area (Å²) < 4.78 is 0. The Morgan fingerprint density at radius 3 is 2.64 bits per heavy atom. The van der Waals surface area contributed by atoms with Crippen LogP contribution in [0.1, 0.15) is 26.7 Å². The van der Waals surface area contributed by atoms with Gasteiger partial charge < -0.3 is 10.4 Å². The van der Waals surface area contributed by atoms with E-state index in [2.05, 4.69) is 24.1 Å². The molecule has 4 atom stereocenters. The second-order valence-corrected chi connectivity index (χ2v) is 5.14. The fourth-order valence-corrected chi connectivity index (χ4v) is 2.86. The van der Waals surface area contributed by atoms with Gasteiger partial charge in [-0.25, -0.2) is 0 Å². The predicted molar refractivity (Wildman–Crippen MR) is 57.2 cm³/mol. The van der Waals surface area contributed by atoms with Crippen LogP contribution in [-0.4, -0.2) is 47.8 Å². The third kappa shape index (κ3) is 2.27. The molecular weight excluding hydrogens is 176 g/mol. The van der Waals surface area contributed by atoms with Gasteiger partial charge in [0, 0.05) is 31.7 Å². The fourth-order valence-electron chi connectivity index (χ4n) is 2.86. The first-order valence-corrected chi connectivity index (χ1v) is 5.80. The topological polar surface area (TPSA) is 35.5 Å². The quantitative estimate of drug-likeness (QED) is 0.676. The lowest BCUT2D eigenvalue weighted by molar-refractivity contribution is 0.185. The highest BCUT2D eigenvalue weighted by atomic mass is 16.3. The standard InChI is InChI=1S/C11H22N2O/c1-8-3-9(2)13(6-8)7-10-4-11(14)5-12-10/h8-12,14H,3-7H2,1-2H3. The van der Waals surface area contributed by atoms with Crippen molar-refractivity contribution in [3.8, 4) is 0 Å². The summed E-state index contributed by atoms with van der Waals surface area (Å²) in [7, 11) is 0. The second kappa shape index (κ2) is 4.17. The molecule has 0 aromatic carbocycles. The Morgan fingerprint density at radius 2 is 2.14 bits per heavy atom. The molecule has 0 bridgehead atoms. The number of hydrogen-bond acceptors (Lipinski definition) is 3. The second-order valence-electron chi connectivity index (χ2n) is 5.14. The molecule has 14 heavy (non-hydrogen) atoms. The molecule has 2 saturated heterocycles. The van der Waals surface area contributed by atoms with Crippen LogP contribution in [0.15, 0.2) is 0 Å². The van der Waals surface area contributed by atoms with Crippen LogP contribution in [0, 0.1) is 5.92 Å². The lowest BCUT2D eigenvalue weighted by atomic mass is 10.1. The highest BCUT2D eigenvalue weighted by Crippen LogP contribution is 2.23. The van der Waals surface area contributed by atoms with Crippen LogP contribution in [0.3, 0.4) is 0 Å². The summed E-state index contributed by atoms with van der Waals surface area (Å²) in [5.74, 6) is 0.844. The van der Waals surface area contributed by atoms with Crippen molar-refractivity contribution < 1.29 is 5.11 Å². The average Bonchev–Trinajstić information content (AvgIpc) is 2.61. The van der Waals surface area contributed by atoms with Crippen molar-refractivity contribution in [2.24, 2.45) is 5.92 Å². The first-order valence-electron chi connectivity index (χ1n) is 5.80. The predicted octanol–water partition coefficient (Wildman–Crippen LogP) is 0.440. The number of rotatable bonds is 2. The minimum absolute atomic E-state index is 0.115. The number of β-amino-alcohol motifs (C(OH)–C–C–N with tert-alkyl or cyclic N) is 1. The SMILES string of the molecule is CC1CC(C)N(CC2CC(O)CN2)C1. The van der Waals surface area contributed by atoms with Gasteiger partial charge in [-0.05, 0) is 25.7 Å². The lowest BCUT2D eigenvalue weighted by Crippen LogP contribution is -2.39. The minimum Gasteiger partial charge on any atom is -0.392 e. The van der Waals surface area contributed by atoms with Crippen molar-refractivity contribution in [2.75, 3.05) is 19.6 Å². The Balaban J connectivity index is 1.80. The van der Waals surface area contributed by atoms with Gasteiger partial charge in [-0.1, -0.05) is 6.92 Å². The van der Waals surface area contributed by atoms with E-state index >= 15 is 0 Å². The van der Waals surface area contributed by atoms with Crippen molar-refractivity contribution >= 4 is 0 Å². The molecule has 0 aliphatic carbocycles. The van der Waals surface area contributed by atoms with Gasteiger partial charge in [-0.15, -0.1) is 0 Å². The molecule has 3 nitrogen and oxygen atoms in total. The van der Waals surface area contributed by atoms with Gasteiger partial charge in [-0.2, -0.15) is 0 Å². The summed E-state index contributed by atoms with van der Waals surface area (Å²) in [6.07, 6.45) is 2.14. The normalized spacial score (nSPS) is 44.8. The molecule has 0 radical (unpaired) electrons. The molecule has 2 rings (SSSR count). The Bertz CT molecular complexity index is 198. The molecule has 4 unspecified atom stereocenters. The fraction of sp³-hybridized carbons (Fsp3) is 1.00. The average molecular weight is 198 g/mol. The van der Waals surface area contributed by atoms with Crippen LogP contribution >= 0.6 is 0 Å². The zero-order valence-electron chi connectivity index (χ0n) is 9.24. The van der Waals surface area contributed by atoms with Crippen molar-refractivity contribution in [1.82, 2.24) is 10.2 Å². The van der Waals surface area contributed by atoms with Gasteiger partial charge in [0.1, 0.15) is 0 Å². The molecule has 2 N–H and O–H groups in total. The highest BCUT2D eigenvalue weighted by Gasteiger charge is 2.30. The van der Waals surface area contributed by atoms with Gasteiger partial charge in [0.15, 0.2) is 0 Å². The molecule has 82 valence electrons. The Morgan fingerprint density at radius 1 is 1.36 bits per heavy atom. The third-order valence-electron chi connectivity index (χ3n) is 3.57. The number of aliphatic hydroxyl groups excluding tert-OH is 1. The molecule has 2 aliphatic heterocycles. The minimum atomic E-state index is -0.115. The summed E-state index contributed by atoms with van der Waals surface area (Å²) in [6, 6.07) is 1.24. The van der Waals surface area contributed by atoms with E-state index in [1.54, 1.807) is 0 Å². The third-order valence-corrected chi connectivity index (χ3v) is 3.57. The summed E-state index contributed by atoms with van der Waals surface area (Å²) >= 11 is 0. The lowest BCUT2D eigenvalue weighted by Gasteiger charge is -2.24. The maximum absolute atomic E-state index is 9.41. The first-order chi connectivity index (χ1) is 6.65. The largest absolute Gasteiger partial charge is 0.392 e. The zero-order chi connectivity index (χ0) is 10.1. The van der Waals surface area contributed by atoms with E-state index in [9.17, 15) is 5.11 Å². The number of nitrogens with one attached hydrogen (secondary N) is 1. The van der Waals surface area contributed by atoms with Crippen molar-refractivity contribution in [3.05, 3.63) is 0 Å². The van der Waals surface area contributed by atoms with Crippen LogP contribution in [0.4, 0.5) is 0 Å². The van der Waals surface area contributed by atoms with Crippen LogP contribution in [-0.2, 0) is 0 Å². The van der Waals surface area contributed by atoms with E-state index in [4.69, 9.17) is 0 Å². The van der Waals surface area contributed by atoms with E-state index in [0.29, 0.717) is 6.04 Å². The van der Waals surface area contributed by atoms with Crippen LogP contribution in [0.2, 0.25) is 0 Å². The van der Waals surface area contributed by atoms with E-state index in [-0.39, 0.29) is 6.10 Å². The van der Waals surface area contributed by atoms with Crippen LogP contribution in [0.5, 0.6) is 0 Å². The highest BCUT2D eigenvalue weighted by molar-refractivity contribution is 4.88. The molecule has 0 saturated carbocycles. The van der Waals surface area contributed by atoms with E-state index in [1.807, 2.05) is 0 Å². The Kier molecular flexibility index (Phi) is 3.10. The number of likely N-dealkylation sites (tertiary alicyclic amines) is 1. The number of hydrogen-bond donors (Lipinski definition) is 2. The first kappa shape index (κ1) is 10.4. The molecule has 0 aromatic heterocycles. The summed E-state index contributed by atoms with van der Waals surface area (Å²) in [5.41, 5.74) is 0. The number of nitrogens with zero attached hydrogens (tertiary/aromatic N) is 1. The molecule has 0 amide bonds. The number of aliphatic hydroxyl groups is 1. The van der Waals surface area contributed by atoms with Gasteiger partial charge in [-0.3, -0.25) is 4.90 Å². The summed E-state index contributed by atoms with van der Waals surface area (Å²) in [5, 5.41) is 12.8. The van der Waals surface area contributed by atoms with Crippen molar-refractivity contribution in [2.45, 2.75) is 44.9 Å². The maximum atomic E-state index is 9.41. The van der Waals surface area contributed by atoms with E-state index in [0.717, 1.165) is 31.5 Å². The van der Waals surface area contributed by atoms with E-state index in [1.165, 1.54) is 13.0 Å². The molecular formula is C11H22N2O. The smallest absolute Gasteiger partial charge is 0.0680 e. The molecule has 2 fully saturated rings. The Hall–Kier alpha value is -0.120. The molecule has 0 spiro atoms. The molecule has 3 heteroatoms. The van der Waals surface area contributed by atoms with Gasteiger partial charge in [0.2, 0.25) is 0 Å². The monoisotopic (exact) mass is 198 g/mol. The van der Waals surface area contributed by atoms with Gasteiger partial charge in [0.25, 0.3) is 0 Å². The molecule has 2 heterocycles. The van der Waals surface area contributed by atoms with Crippen molar-refractivity contribution in [3.63, 3.8) is 0 Å². The Labute approximate surface area is 86.5 Å². The van der Waals surface area contributed by atoms with E-state index < -0.39 is 0 Å². The summed E-state index contributed by atoms with van der Waals surface area (Å²) in [6.45, 7) is 7.77. The zero-order valence-corrected chi connectivity index (χ0v) is 9.24. The van der Waals surface area contributed by atoms with Gasteiger partial charge >= 0.3 is 0 Å². The summed E-state index contributed by atoms with van der Waals surface area (Å²) in [4.78, 5) is 2.56. The van der Waals surface area contributed by atoms with Crippen molar-refractivity contribution in [1.29, 1.82) is 0 Å². The van der Waals surface area contributed by atoms with Crippen LogP contribution < -0.4 is 5.32 Å². The van der Waals surface area contributed by atoms with Gasteiger partial charge in [0.05, 0.1) is 6.10 Å². The molecule has 2 aliphatic rings. The maximum Gasteiger partial charge on any atom is 0.0680 e. The molecule has 0 aromatic rings.